The van der Waals surface area contributed by atoms with Crippen molar-refractivity contribution < 1.29 is 0 Å². The molecule has 4 heteroatoms. The summed E-state index contributed by atoms with van der Waals surface area (Å²) >= 11 is 0. The molecule has 0 aliphatic carbocycles. The Labute approximate surface area is 115 Å². The molecule has 0 radical (unpaired) electrons. The van der Waals surface area contributed by atoms with E-state index in [0.717, 1.165) is 43.7 Å². The summed E-state index contributed by atoms with van der Waals surface area (Å²) in [5.74, 6) is 1.26. The number of anilines is 1. The maximum atomic E-state index is 4.77. The summed E-state index contributed by atoms with van der Waals surface area (Å²) in [4.78, 5) is 11.6. The number of fused-ring (bicyclic) bond motifs is 1. The number of hydrogen-bond acceptors (Lipinski definition) is 3. The molecule has 0 fully saturated rings. The van der Waals surface area contributed by atoms with Crippen molar-refractivity contribution in [2.75, 3.05) is 18.0 Å². The Morgan fingerprint density at radius 3 is 2.42 bits per heavy atom. The highest BCUT2D eigenvalue weighted by atomic mass is 15.3. The average molecular weight is 260 g/mol. The largest absolute Gasteiger partial charge is 0.356 e. The monoisotopic (exact) mass is 260 g/mol. The van der Waals surface area contributed by atoms with Gasteiger partial charge in [-0.15, -0.1) is 0 Å². The van der Waals surface area contributed by atoms with E-state index in [4.69, 9.17) is 4.98 Å². The Morgan fingerprint density at radius 1 is 1.16 bits per heavy atom. The molecule has 0 aliphatic heterocycles. The van der Waals surface area contributed by atoms with Crippen LogP contribution in [0.5, 0.6) is 0 Å². The van der Waals surface area contributed by atoms with E-state index in [0.29, 0.717) is 0 Å². The van der Waals surface area contributed by atoms with E-state index in [1.54, 1.807) is 0 Å². The highest BCUT2D eigenvalue weighted by Crippen LogP contribution is 2.24. The van der Waals surface area contributed by atoms with Gasteiger partial charge in [-0.1, -0.05) is 20.8 Å². The molecule has 0 unspecified atom stereocenters. The molecule has 0 spiro atoms. The minimum atomic E-state index is 0.959. The lowest BCUT2D eigenvalue weighted by Gasteiger charge is -2.24. The summed E-state index contributed by atoms with van der Waals surface area (Å²) in [5, 5.41) is 0. The lowest BCUT2D eigenvalue weighted by atomic mass is 10.3. The fourth-order valence-electron chi connectivity index (χ4n) is 2.57. The molecule has 0 atom stereocenters. The first-order valence-corrected chi connectivity index (χ1v) is 7.30. The van der Waals surface area contributed by atoms with Crippen LogP contribution < -0.4 is 4.90 Å². The molecular weight excluding hydrogens is 236 g/mol. The van der Waals surface area contributed by atoms with E-state index < -0.39 is 0 Å². The van der Waals surface area contributed by atoms with Gasteiger partial charge in [0.25, 0.3) is 0 Å². The summed E-state index contributed by atoms with van der Waals surface area (Å²) in [6, 6.07) is 0. The van der Waals surface area contributed by atoms with Crippen LogP contribution in [0.2, 0.25) is 0 Å². The Bertz CT molecular complexity index is 538. The van der Waals surface area contributed by atoms with Gasteiger partial charge in [-0.2, -0.15) is 0 Å². The maximum Gasteiger partial charge on any atom is 0.160 e. The third-order valence-electron chi connectivity index (χ3n) is 3.38. The molecule has 104 valence electrons. The lowest BCUT2D eigenvalue weighted by molar-refractivity contribution is 0.725. The molecular formula is C15H24N4. The summed E-state index contributed by atoms with van der Waals surface area (Å²) in [5.41, 5.74) is 3.17. The molecule has 0 saturated heterocycles. The Balaban J connectivity index is 2.58. The van der Waals surface area contributed by atoms with Gasteiger partial charge in [0.2, 0.25) is 0 Å². The predicted octanol–water partition coefficient (Wildman–Crippen LogP) is 3.23. The van der Waals surface area contributed by atoms with Gasteiger partial charge in [-0.3, -0.25) is 9.38 Å². The van der Waals surface area contributed by atoms with Crippen molar-refractivity contribution in [3.05, 3.63) is 23.8 Å². The second-order valence-electron chi connectivity index (χ2n) is 4.93. The van der Waals surface area contributed by atoms with Crippen LogP contribution in [0.1, 0.15) is 45.0 Å². The zero-order valence-electron chi connectivity index (χ0n) is 12.5. The topological polar surface area (TPSA) is 33.4 Å². The molecule has 0 amide bonds. The standard InChI is InChI=1S/C15H24N4/c1-5-9-18(10-6-2)15-13(7-3)17-14-12(4)16-8-11-19(14)15/h8,11H,5-7,9-10H2,1-4H3. The molecule has 2 aromatic rings. The SMILES string of the molecule is CCCN(CCC)c1c(CC)nc2c(C)nccn12. The maximum absolute atomic E-state index is 4.77. The summed E-state index contributed by atoms with van der Waals surface area (Å²) in [6.07, 6.45) is 7.16. The number of rotatable bonds is 6. The fraction of sp³-hybridized carbons (Fsp3) is 0.600. The van der Waals surface area contributed by atoms with Crippen molar-refractivity contribution in [2.45, 2.75) is 47.0 Å². The molecule has 0 N–H and O–H groups in total. The number of imidazole rings is 1. The molecule has 0 aliphatic rings. The minimum Gasteiger partial charge on any atom is -0.356 e. The van der Waals surface area contributed by atoms with Crippen LogP contribution >= 0.6 is 0 Å². The third-order valence-corrected chi connectivity index (χ3v) is 3.38. The van der Waals surface area contributed by atoms with Crippen LogP contribution in [0.15, 0.2) is 12.4 Å². The molecule has 2 rings (SSSR count). The smallest absolute Gasteiger partial charge is 0.160 e. The van der Waals surface area contributed by atoms with Crippen LogP contribution in [-0.2, 0) is 6.42 Å². The Morgan fingerprint density at radius 2 is 1.84 bits per heavy atom. The van der Waals surface area contributed by atoms with Crippen LogP contribution in [-0.4, -0.2) is 27.5 Å². The number of aryl methyl sites for hydroxylation is 2. The second-order valence-corrected chi connectivity index (χ2v) is 4.93. The molecule has 19 heavy (non-hydrogen) atoms. The summed E-state index contributed by atoms with van der Waals surface area (Å²) in [7, 11) is 0. The first-order valence-electron chi connectivity index (χ1n) is 7.30. The van der Waals surface area contributed by atoms with Crippen molar-refractivity contribution >= 4 is 11.5 Å². The number of hydrogen-bond donors (Lipinski definition) is 0. The van der Waals surface area contributed by atoms with E-state index in [1.807, 2.05) is 19.3 Å². The van der Waals surface area contributed by atoms with Crippen molar-refractivity contribution in [1.82, 2.24) is 14.4 Å². The van der Waals surface area contributed by atoms with E-state index in [1.165, 1.54) is 11.5 Å². The Hall–Kier alpha value is -1.58. The van der Waals surface area contributed by atoms with Gasteiger partial charge in [0.1, 0.15) is 5.82 Å². The average Bonchev–Trinajstić information content (AvgIpc) is 2.78. The predicted molar refractivity (Wildman–Crippen MR) is 79.9 cm³/mol. The quantitative estimate of drug-likeness (QED) is 0.799. The normalized spacial score (nSPS) is 11.2. The van der Waals surface area contributed by atoms with Crippen molar-refractivity contribution in [2.24, 2.45) is 0 Å². The Kier molecular flexibility index (Phi) is 4.40. The van der Waals surface area contributed by atoms with Gasteiger partial charge in [0.05, 0.1) is 11.4 Å². The molecule has 2 aromatic heterocycles. The van der Waals surface area contributed by atoms with Gasteiger partial charge >= 0.3 is 0 Å². The van der Waals surface area contributed by atoms with Gasteiger partial charge in [0.15, 0.2) is 5.65 Å². The summed E-state index contributed by atoms with van der Waals surface area (Å²) in [6.45, 7) is 10.8. The van der Waals surface area contributed by atoms with Crippen LogP contribution in [0.4, 0.5) is 5.82 Å². The number of aromatic nitrogens is 3. The van der Waals surface area contributed by atoms with E-state index >= 15 is 0 Å². The summed E-state index contributed by atoms with van der Waals surface area (Å²) < 4.78 is 2.20. The van der Waals surface area contributed by atoms with Gasteiger partial charge < -0.3 is 4.90 Å². The lowest BCUT2D eigenvalue weighted by Crippen LogP contribution is -2.27. The number of nitrogens with zero attached hydrogens (tertiary/aromatic N) is 4. The second kappa shape index (κ2) is 6.04. The van der Waals surface area contributed by atoms with E-state index in [2.05, 4.69) is 35.1 Å². The molecule has 0 aromatic carbocycles. The fourth-order valence-corrected chi connectivity index (χ4v) is 2.57. The van der Waals surface area contributed by atoms with E-state index in [9.17, 15) is 0 Å². The highest BCUT2D eigenvalue weighted by Gasteiger charge is 2.17. The van der Waals surface area contributed by atoms with Crippen molar-refractivity contribution in [1.29, 1.82) is 0 Å². The minimum absolute atomic E-state index is 0.959. The molecule has 4 nitrogen and oxygen atoms in total. The van der Waals surface area contributed by atoms with Gasteiger partial charge in [-0.05, 0) is 26.2 Å². The van der Waals surface area contributed by atoms with Crippen LogP contribution in [0.3, 0.4) is 0 Å². The first-order chi connectivity index (χ1) is 9.22. The first kappa shape index (κ1) is 13.8. The van der Waals surface area contributed by atoms with E-state index in [-0.39, 0.29) is 0 Å². The van der Waals surface area contributed by atoms with Gasteiger partial charge in [-0.25, -0.2) is 4.98 Å². The molecule has 0 saturated carbocycles. The van der Waals surface area contributed by atoms with Crippen molar-refractivity contribution in [3.63, 3.8) is 0 Å². The molecule has 0 bridgehead atoms. The zero-order chi connectivity index (χ0) is 13.8. The third kappa shape index (κ3) is 2.57. The molecule has 2 heterocycles. The van der Waals surface area contributed by atoms with Crippen LogP contribution in [0, 0.1) is 6.92 Å². The van der Waals surface area contributed by atoms with Crippen LogP contribution in [0.25, 0.3) is 5.65 Å². The zero-order valence-corrected chi connectivity index (χ0v) is 12.5. The van der Waals surface area contributed by atoms with Crippen molar-refractivity contribution in [3.8, 4) is 0 Å². The highest BCUT2D eigenvalue weighted by molar-refractivity contribution is 5.58. The van der Waals surface area contributed by atoms with Gasteiger partial charge in [0, 0.05) is 25.5 Å².